The van der Waals surface area contributed by atoms with Gasteiger partial charge in [0.25, 0.3) is 0 Å². The molecule has 308 valence electrons. The third-order valence-electron chi connectivity index (χ3n) is 11.4. The van der Waals surface area contributed by atoms with Crippen molar-refractivity contribution in [1.29, 1.82) is 0 Å². The molecule has 4 aromatic rings. The van der Waals surface area contributed by atoms with Crippen LogP contribution < -0.4 is 24.3 Å². The minimum atomic E-state index is -0.237. The number of hydrogen-bond acceptors (Lipinski definition) is 11. The minimum absolute atomic E-state index is 0.237. The smallest absolute Gasteiger partial charge is 0.409 e. The Morgan fingerprint density at radius 1 is 0.542 bits per heavy atom. The van der Waals surface area contributed by atoms with Crippen molar-refractivity contribution in [3.8, 4) is 23.0 Å². The quantitative estimate of drug-likeness (QED) is 0.211. The van der Waals surface area contributed by atoms with Gasteiger partial charge in [-0.25, -0.2) is 4.79 Å². The zero-order valence-corrected chi connectivity index (χ0v) is 33.5. The summed E-state index contributed by atoms with van der Waals surface area (Å²) in [5.41, 5.74) is 14.3. The predicted molar refractivity (Wildman–Crippen MR) is 219 cm³/mol. The summed E-state index contributed by atoms with van der Waals surface area (Å²) in [6, 6.07) is 25.5. The second kappa shape index (κ2) is 18.3. The minimum Gasteiger partial charge on any atom is -0.467 e. The Bertz CT molecular complexity index is 2110. The van der Waals surface area contributed by atoms with Crippen LogP contribution in [0.3, 0.4) is 0 Å². The maximum absolute atomic E-state index is 12.2. The molecule has 0 bridgehead atoms. The molecular formula is C47H50N2O10. The van der Waals surface area contributed by atoms with Crippen molar-refractivity contribution >= 4 is 17.2 Å². The Hall–Kier alpha value is -5.37. The molecule has 6 aliphatic heterocycles. The lowest BCUT2D eigenvalue weighted by Gasteiger charge is -2.30. The number of amides is 1. The first-order valence-corrected chi connectivity index (χ1v) is 20.5. The lowest BCUT2D eigenvalue weighted by atomic mass is 9.87. The Kier molecular flexibility index (Phi) is 12.1. The van der Waals surface area contributed by atoms with E-state index >= 15 is 0 Å². The van der Waals surface area contributed by atoms with Crippen LogP contribution in [0.4, 0.5) is 4.79 Å². The predicted octanol–water partition coefficient (Wildman–Crippen LogP) is 8.08. The topological polar surface area (TPSA) is 115 Å². The molecule has 0 spiro atoms. The number of hydrogen-bond donors (Lipinski definition) is 1. The molecule has 1 N–H and O–H groups in total. The Morgan fingerprint density at radius 3 is 1.25 bits per heavy atom. The zero-order chi connectivity index (χ0) is 40.0. The summed E-state index contributed by atoms with van der Waals surface area (Å²) < 4.78 is 49.6. The largest absolute Gasteiger partial charge is 0.467 e. The lowest BCUT2D eigenvalue weighted by molar-refractivity contribution is -0.0165. The standard InChI is InChI=1S/C25H27NO6.C22H23NO4/c1-2-30-25(27)26-9-7-17(8-10-26)24(18-3-5-22-20(11-18)13-28-15-31-22)19-4-6-23-21(12-19)14-29-16-32-23;1-3-20-18(11-24-13-26-20)9-16(1)22(15-5-7-23-8-6-15)17-2-4-21-19(10-17)12-25-14-27-21/h3-6,11-12H,2,7-10,13-16H2,1H3;1-4,9-10,23H,5-8,11-14H2. The van der Waals surface area contributed by atoms with Crippen LogP contribution in [0.15, 0.2) is 83.9 Å². The highest BCUT2D eigenvalue weighted by molar-refractivity contribution is 5.85. The van der Waals surface area contributed by atoms with Crippen molar-refractivity contribution in [3.05, 3.63) is 128 Å². The molecule has 12 nitrogen and oxygen atoms in total. The van der Waals surface area contributed by atoms with Crippen LogP contribution in [0.2, 0.25) is 0 Å². The summed E-state index contributed by atoms with van der Waals surface area (Å²) in [7, 11) is 0. The van der Waals surface area contributed by atoms with Gasteiger partial charge in [0.1, 0.15) is 23.0 Å². The third kappa shape index (κ3) is 8.83. The van der Waals surface area contributed by atoms with Crippen LogP contribution in [0.5, 0.6) is 23.0 Å². The molecule has 10 rings (SSSR count). The molecule has 59 heavy (non-hydrogen) atoms. The molecule has 0 radical (unpaired) electrons. The number of ether oxygens (including phenoxy) is 9. The Morgan fingerprint density at radius 2 is 0.898 bits per heavy atom. The fraction of sp³-hybridized carbons (Fsp3) is 0.383. The molecule has 0 atom stereocenters. The van der Waals surface area contributed by atoms with Gasteiger partial charge in [-0.1, -0.05) is 35.4 Å². The number of benzene rings is 4. The highest BCUT2D eigenvalue weighted by atomic mass is 16.7. The summed E-state index contributed by atoms with van der Waals surface area (Å²) in [6.45, 7) is 9.05. The maximum atomic E-state index is 12.2. The molecule has 0 saturated carbocycles. The first-order chi connectivity index (χ1) is 29.1. The van der Waals surface area contributed by atoms with E-state index in [9.17, 15) is 4.79 Å². The van der Waals surface area contributed by atoms with Gasteiger partial charge in [-0.2, -0.15) is 0 Å². The fourth-order valence-corrected chi connectivity index (χ4v) is 8.53. The van der Waals surface area contributed by atoms with Crippen LogP contribution in [-0.2, 0) is 50.1 Å². The Labute approximate surface area is 344 Å². The highest BCUT2D eigenvalue weighted by Crippen LogP contribution is 2.39. The van der Waals surface area contributed by atoms with Crippen LogP contribution in [0, 0.1) is 0 Å². The van der Waals surface area contributed by atoms with Crippen molar-refractivity contribution in [2.24, 2.45) is 0 Å². The van der Waals surface area contributed by atoms with Crippen molar-refractivity contribution < 1.29 is 47.4 Å². The van der Waals surface area contributed by atoms with E-state index in [1.807, 2.05) is 19.1 Å². The number of nitrogens with one attached hydrogen (secondary N) is 1. The van der Waals surface area contributed by atoms with Gasteiger partial charge in [-0.3, -0.25) is 0 Å². The number of piperidine rings is 2. The van der Waals surface area contributed by atoms with Crippen molar-refractivity contribution in [2.45, 2.75) is 59.0 Å². The molecule has 0 unspecified atom stereocenters. The van der Waals surface area contributed by atoms with Crippen LogP contribution in [0.25, 0.3) is 11.1 Å². The Balaban J connectivity index is 0.000000154. The lowest BCUT2D eigenvalue weighted by Crippen LogP contribution is -2.37. The van der Waals surface area contributed by atoms with Gasteiger partial charge in [-0.15, -0.1) is 0 Å². The van der Waals surface area contributed by atoms with Crippen molar-refractivity contribution in [2.75, 3.05) is 60.0 Å². The highest BCUT2D eigenvalue weighted by Gasteiger charge is 2.25. The molecule has 4 aromatic carbocycles. The summed E-state index contributed by atoms with van der Waals surface area (Å²) >= 11 is 0. The number of nitrogens with zero attached hydrogens (tertiary/aromatic N) is 1. The second-order valence-corrected chi connectivity index (χ2v) is 15.1. The molecule has 6 aliphatic rings. The van der Waals surface area contributed by atoms with Gasteiger partial charge in [0, 0.05) is 35.3 Å². The molecule has 1 amide bonds. The van der Waals surface area contributed by atoms with Crippen molar-refractivity contribution in [3.63, 3.8) is 0 Å². The zero-order valence-electron chi connectivity index (χ0n) is 33.5. The van der Waals surface area contributed by atoms with E-state index in [1.165, 1.54) is 33.4 Å². The van der Waals surface area contributed by atoms with Crippen molar-refractivity contribution in [1.82, 2.24) is 10.2 Å². The molecule has 0 aliphatic carbocycles. The van der Waals surface area contributed by atoms with E-state index in [0.29, 0.717) is 59.7 Å². The van der Waals surface area contributed by atoms with Crippen LogP contribution in [0.1, 0.15) is 77.1 Å². The first-order valence-electron chi connectivity index (χ1n) is 20.5. The fourth-order valence-electron chi connectivity index (χ4n) is 8.53. The summed E-state index contributed by atoms with van der Waals surface area (Å²) in [5.74, 6) is 3.58. The van der Waals surface area contributed by atoms with E-state index in [2.05, 4.69) is 66.0 Å². The van der Waals surface area contributed by atoms with Gasteiger partial charge >= 0.3 is 6.09 Å². The van der Waals surface area contributed by atoms with Gasteiger partial charge in [0.2, 0.25) is 0 Å². The SMILES string of the molecule is CCOC(=O)N1CCC(=C(c2ccc3c(c2)COCO3)c2ccc3c(c2)COCO3)CC1.c1cc2c(cc1C(=C1CCNCC1)c1ccc3c(c1)COCO3)COCO2. The van der Waals surface area contributed by atoms with Gasteiger partial charge in [-0.05, 0) is 128 Å². The number of carbonyl (C=O) groups excluding carboxylic acids is 1. The van der Waals surface area contributed by atoms with E-state index in [1.54, 1.807) is 4.90 Å². The third-order valence-corrected chi connectivity index (χ3v) is 11.4. The van der Waals surface area contributed by atoms with E-state index in [4.69, 9.17) is 42.6 Å². The van der Waals surface area contributed by atoms with Gasteiger partial charge < -0.3 is 52.8 Å². The second-order valence-electron chi connectivity index (χ2n) is 15.1. The van der Waals surface area contributed by atoms with E-state index < -0.39 is 0 Å². The maximum Gasteiger partial charge on any atom is 0.409 e. The normalized spacial score (nSPS) is 18.1. The molecule has 2 fully saturated rings. The molecular weight excluding hydrogens is 753 g/mol. The average molecular weight is 803 g/mol. The average Bonchev–Trinajstić information content (AvgIpc) is 3.30. The number of likely N-dealkylation sites (tertiary alicyclic amines) is 1. The summed E-state index contributed by atoms with van der Waals surface area (Å²) in [6.07, 6.45) is 3.47. The van der Waals surface area contributed by atoms with Crippen LogP contribution >= 0.6 is 0 Å². The van der Waals surface area contributed by atoms with Gasteiger partial charge in [0.15, 0.2) is 27.2 Å². The molecule has 12 heteroatoms. The van der Waals surface area contributed by atoms with Crippen LogP contribution in [-0.4, -0.2) is 71.0 Å². The molecule has 0 aromatic heterocycles. The van der Waals surface area contributed by atoms with Gasteiger partial charge in [0.05, 0.1) is 33.0 Å². The number of fused-ring (bicyclic) bond motifs is 4. The number of carbonyl (C=O) groups is 1. The summed E-state index contributed by atoms with van der Waals surface area (Å²) in [4.78, 5) is 14.0. The molecule has 6 heterocycles. The first kappa shape index (κ1) is 39.1. The van der Waals surface area contributed by atoms with E-state index in [0.717, 1.165) is 95.2 Å². The monoisotopic (exact) mass is 802 g/mol. The van der Waals surface area contributed by atoms with E-state index in [-0.39, 0.29) is 19.7 Å². The summed E-state index contributed by atoms with van der Waals surface area (Å²) in [5, 5.41) is 3.46. The number of rotatable bonds is 5. The molecule has 2 saturated heterocycles.